The molecule has 0 bridgehead atoms. The largest absolute Gasteiger partial charge is 0.278 e. The van der Waals surface area contributed by atoms with Gasteiger partial charge in [-0.2, -0.15) is 0 Å². The Bertz CT molecular complexity index is 906. The van der Waals surface area contributed by atoms with E-state index in [0.717, 1.165) is 21.8 Å². The van der Waals surface area contributed by atoms with Gasteiger partial charge in [-0.15, -0.1) is 0 Å². The van der Waals surface area contributed by atoms with Crippen molar-refractivity contribution in [3.05, 3.63) is 70.5 Å². The van der Waals surface area contributed by atoms with Gasteiger partial charge >= 0.3 is 0 Å². The van der Waals surface area contributed by atoms with Gasteiger partial charge in [-0.3, -0.25) is 14.3 Å². The highest BCUT2D eigenvalue weighted by Crippen LogP contribution is 2.40. The van der Waals surface area contributed by atoms with Crippen LogP contribution in [0.15, 0.2) is 58.8 Å². The van der Waals surface area contributed by atoms with E-state index in [-0.39, 0.29) is 11.8 Å². The van der Waals surface area contributed by atoms with Crippen molar-refractivity contribution >= 4 is 41.4 Å². The lowest BCUT2D eigenvalue weighted by Gasteiger charge is -2.23. The van der Waals surface area contributed by atoms with Crippen LogP contribution in [0, 0.1) is 5.92 Å². The molecule has 3 rings (SSSR count). The highest BCUT2D eigenvalue weighted by Gasteiger charge is 2.25. The van der Waals surface area contributed by atoms with Crippen LogP contribution in [-0.2, 0) is 4.79 Å². The lowest BCUT2D eigenvalue weighted by atomic mass is 9.88. The van der Waals surface area contributed by atoms with Crippen molar-refractivity contribution in [3.8, 4) is 0 Å². The highest BCUT2D eigenvalue weighted by atomic mass is 35.5. The van der Waals surface area contributed by atoms with Crippen molar-refractivity contribution in [2.75, 3.05) is 0 Å². The van der Waals surface area contributed by atoms with Crippen molar-refractivity contribution < 1.29 is 4.79 Å². The van der Waals surface area contributed by atoms with Gasteiger partial charge in [-0.25, -0.2) is 4.98 Å². The third-order valence-corrected chi connectivity index (χ3v) is 5.44. The SMILES string of the molecule is CC(C)C(c1ccncc1Sc1cc(Cl)cc(Cl)c1)c1nccn1C=O. The molecule has 4 nitrogen and oxygen atoms in total. The Kier molecular flexibility index (Phi) is 6.01. The molecule has 1 aromatic carbocycles. The van der Waals surface area contributed by atoms with E-state index >= 15 is 0 Å². The first-order chi connectivity index (χ1) is 12.5. The molecular weight excluding hydrogens is 389 g/mol. The summed E-state index contributed by atoms with van der Waals surface area (Å²) in [6.45, 7) is 4.22. The number of rotatable bonds is 6. The monoisotopic (exact) mass is 405 g/mol. The minimum Gasteiger partial charge on any atom is -0.278 e. The zero-order chi connectivity index (χ0) is 18.7. The molecule has 2 aromatic heterocycles. The second kappa shape index (κ2) is 8.25. The molecule has 2 heterocycles. The van der Waals surface area contributed by atoms with E-state index in [1.807, 2.05) is 24.4 Å². The number of pyridine rings is 1. The maximum absolute atomic E-state index is 11.4. The fourth-order valence-corrected chi connectivity index (χ4v) is 4.61. The average molecular weight is 406 g/mol. The Balaban J connectivity index is 2.05. The first kappa shape index (κ1) is 19.0. The standard InChI is InChI=1S/C19H17Cl2N3OS/c1-12(2)18(19-23-5-6-24(19)11-25)16-3-4-22-10-17(16)26-15-8-13(20)7-14(21)9-15/h3-12,18H,1-2H3. The van der Waals surface area contributed by atoms with Crippen LogP contribution in [0.4, 0.5) is 0 Å². The Morgan fingerprint density at radius 3 is 2.54 bits per heavy atom. The minimum absolute atomic E-state index is 0.0460. The molecule has 0 fully saturated rings. The number of benzene rings is 1. The molecule has 0 aliphatic heterocycles. The second-order valence-electron chi connectivity index (χ2n) is 6.14. The summed E-state index contributed by atoms with van der Waals surface area (Å²) >= 11 is 13.8. The maximum Gasteiger partial charge on any atom is 0.219 e. The van der Waals surface area contributed by atoms with Gasteiger partial charge in [0.15, 0.2) is 0 Å². The number of aromatic nitrogens is 3. The van der Waals surface area contributed by atoms with Crippen molar-refractivity contribution in [2.24, 2.45) is 5.92 Å². The quantitative estimate of drug-likeness (QED) is 0.503. The van der Waals surface area contributed by atoms with Gasteiger partial charge in [0.25, 0.3) is 0 Å². The fourth-order valence-electron chi connectivity index (χ4n) is 2.90. The molecule has 0 N–H and O–H groups in total. The van der Waals surface area contributed by atoms with E-state index in [9.17, 15) is 4.79 Å². The van der Waals surface area contributed by atoms with Crippen LogP contribution in [-0.4, -0.2) is 20.9 Å². The molecule has 1 unspecified atom stereocenters. The number of imidazole rings is 1. The zero-order valence-electron chi connectivity index (χ0n) is 14.3. The van der Waals surface area contributed by atoms with Crippen molar-refractivity contribution in [3.63, 3.8) is 0 Å². The van der Waals surface area contributed by atoms with Crippen LogP contribution in [0.2, 0.25) is 10.0 Å². The third kappa shape index (κ3) is 4.11. The third-order valence-electron chi connectivity index (χ3n) is 3.97. The van der Waals surface area contributed by atoms with Crippen LogP contribution in [0.1, 0.15) is 31.2 Å². The molecule has 3 aromatic rings. The zero-order valence-corrected chi connectivity index (χ0v) is 16.6. The molecule has 134 valence electrons. The van der Waals surface area contributed by atoms with Crippen LogP contribution in [0.25, 0.3) is 0 Å². The number of carbonyl (C=O) groups is 1. The molecule has 0 spiro atoms. The minimum atomic E-state index is -0.0460. The van der Waals surface area contributed by atoms with Crippen molar-refractivity contribution in [2.45, 2.75) is 29.6 Å². The smallest absolute Gasteiger partial charge is 0.219 e. The Morgan fingerprint density at radius 2 is 1.88 bits per heavy atom. The van der Waals surface area contributed by atoms with Crippen molar-refractivity contribution in [1.82, 2.24) is 14.5 Å². The normalized spacial score (nSPS) is 12.3. The van der Waals surface area contributed by atoms with Gasteiger partial charge in [-0.05, 0) is 35.7 Å². The van der Waals surface area contributed by atoms with Crippen LogP contribution < -0.4 is 0 Å². The van der Waals surface area contributed by atoms with E-state index in [0.29, 0.717) is 15.9 Å². The topological polar surface area (TPSA) is 47.8 Å². The fraction of sp³-hybridized carbons (Fsp3) is 0.211. The summed E-state index contributed by atoms with van der Waals surface area (Å²) in [5.41, 5.74) is 1.06. The molecule has 0 saturated heterocycles. The van der Waals surface area contributed by atoms with E-state index in [2.05, 4.69) is 23.8 Å². The lowest BCUT2D eigenvalue weighted by molar-refractivity contribution is 0.512. The summed E-state index contributed by atoms with van der Waals surface area (Å²) in [4.78, 5) is 22.0. The molecule has 1 atom stereocenters. The highest BCUT2D eigenvalue weighted by molar-refractivity contribution is 7.99. The van der Waals surface area contributed by atoms with Gasteiger partial charge in [-0.1, -0.05) is 48.8 Å². The van der Waals surface area contributed by atoms with Crippen LogP contribution in [0.3, 0.4) is 0 Å². The predicted molar refractivity (Wildman–Crippen MR) is 106 cm³/mol. The number of halogens is 2. The van der Waals surface area contributed by atoms with E-state index in [1.54, 1.807) is 36.4 Å². The summed E-state index contributed by atoms with van der Waals surface area (Å²) in [7, 11) is 0. The first-order valence-electron chi connectivity index (χ1n) is 8.05. The second-order valence-corrected chi connectivity index (χ2v) is 8.13. The van der Waals surface area contributed by atoms with Crippen LogP contribution >= 0.6 is 35.0 Å². The van der Waals surface area contributed by atoms with E-state index < -0.39 is 0 Å². The number of hydrogen-bond donors (Lipinski definition) is 0. The summed E-state index contributed by atoms with van der Waals surface area (Å²) in [5.74, 6) is 0.906. The molecule has 0 aliphatic rings. The lowest BCUT2D eigenvalue weighted by Crippen LogP contribution is -2.16. The summed E-state index contributed by atoms with van der Waals surface area (Å²) in [6.07, 6.45) is 7.67. The summed E-state index contributed by atoms with van der Waals surface area (Å²) in [5, 5.41) is 1.17. The molecule has 0 saturated carbocycles. The van der Waals surface area contributed by atoms with E-state index in [4.69, 9.17) is 23.2 Å². The van der Waals surface area contributed by atoms with Crippen LogP contribution in [0.5, 0.6) is 0 Å². The summed E-state index contributed by atoms with van der Waals surface area (Å²) < 4.78 is 1.52. The van der Waals surface area contributed by atoms with Crippen molar-refractivity contribution in [1.29, 1.82) is 0 Å². The average Bonchev–Trinajstić information content (AvgIpc) is 3.03. The Hall–Kier alpha value is -1.82. The molecule has 0 aliphatic carbocycles. The predicted octanol–water partition coefficient (Wildman–Crippen LogP) is 5.56. The van der Waals surface area contributed by atoms with Gasteiger partial charge in [0, 0.05) is 50.5 Å². The molecule has 7 heteroatoms. The number of hydrogen-bond acceptors (Lipinski definition) is 4. The Morgan fingerprint density at radius 1 is 1.15 bits per heavy atom. The van der Waals surface area contributed by atoms with Gasteiger partial charge < -0.3 is 0 Å². The van der Waals surface area contributed by atoms with Gasteiger partial charge in [0.2, 0.25) is 6.41 Å². The molecule has 0 radical (unpaired) electrons. The van der Waals surface area contributed by atoms with Gasteiger partial charge in [0.1, 0.15) is 5.82 Å². The molecule has 0 amide bonds. The van der Waals surface area contributed by atoms with Gasteiger partial charge in [0.05, 0.1) is 0 Å². The Labute approximate surface area is 166 Å². The molecule has 26 heavy (non-hydrogen) atoms. The number of nitrogens with zero attached hydrogens (tertiary/aromatic N) is 3. The summed E-state index contributed by atoms with van der Waals surface area (Å²) in [6, 6.07) is 7.41. The first-order valence-corrected chi connectivity index (χ1v) is 9.62. The molecular formula is C19H17Cl2N3OS. The van der Waals surface area contributed by atoms with E-state index in [1.165, 1.54) is 4.57 Å². The number of carbonyl (C=O) groups excluding carboxylic acids is 1. The maximum atomic E-state index is 11.4.